The Hall–Kier alpha value is -1.23. The van der Waals surface area contributed by atoms with E-state index in [4.69, 9.17) is 4.74 Å². The maximum Gasteiger partial charge on any atom is 0.410 e. The Morgan fingerprint density at radius 2 is 1.81 bits per heavy atom. The van der Waals surface area contributed by atoms with E-state index in [0.717, 1.165) is 5.70 Å². The topological polar surface area (TPSA) is 44.8 Å². The third-order valence-corrected chi connectivity index (χ3v) is 1.51. The quantitative estimate of drug-likeness (QED) is 0.741. The van der Waals surface area contributed by atoms with Crippen LogP contribution in [0.2, 0.25) is 0 Å². The number of hydrazine groups is 1. The first-order chi connectivity index (χ1) is 7.11. The van der Waals surface area contributed by atoms with Gasteiger partial charge in [0.25, 0.3) is 0 Å². The highest BCUT2D eigenvalue weighted by Gasteiger charge is 2.19. The van der Waals surface area contributed by atoms with Crippen molar-refractivity contribution in [3.63, 3.8) is 0 Å². The first-order valence-electron chi connectivity index (χ1n) is 5.17. The standard InChI is InChI=1S/C11H23N3O2/c1-9(12-13(5)6)8-14(7)10(15)16-11(2,3)4/h12H,1,8H2,2-7H3. The summed E-state index contributed by atoms with van der Waals surface area (Å²) in [7, 11) is 5.40. The van der Waals surface area contributed by atoms with Gasteiger partial charge < -0.3 is 15.1 Å². The molecule has 0 unspecified atom stereocenters. The number of amides is 1. The normalized spacial score (nSPS) is 11.2. The Labute approximate surface area is 98.0 Å². The lowest BCUT2D eigenvalue weighted by Crippen LogP contribution is -2.39. The highest BCUT2D eigenvalue weighted by molar-refractivity contribution is 5.68. The van der Waals surface area contributed by atoms with E-state index < -0.39 is 5.60 Å². The van der Waals surface area contributed by atoms with Gasteiger partial charge in [0.05, 0.1) is 6.54 Å². The monoisotopic (exact) mass is 229 g/mol. The van der Waals surface area contributed by atoms with E-state index in [9.17, 15) is 4.79 Å². The van der Waals surface area contributed by atoms with Gasteiger partial charge >= 0.3 is 6.09 Å². The summed E-state index contributed by atoms with van der Waals surface area (Å²) < 4.78 is 5.21. The van der Waals surface area contributed by atoms with Crippen molar-refractivity contribution in [2.75, 3.05) is 27.7 Å². The zero-order valence-corrected chi connectivity index (χ0v) is 11.1. The molecule has 94 valence electrons. The minimum absolute atomic E-state index is 0.353. The molecule has 16 heavy (non-hydrogen) atoms. The van der Waals surface area contributed by atoms with Crippen LogP contribution < -0.4 is 5.43 Å². The van der Waals surface area contributed by atoms with Crippen LogP contribution in [-0.4, -0.2) is 49.3 Å². The Balaban J connectivity index is 4.11. The molecule has 5 nitrogen and oxygen atoms in total. The fourth-order valence-corrected chi connectivity index (χ4v) is 1.04. The van der Waals surface area contributed by atoms with Crippen molar-refractivity contribution in [3.05, 3.63) is 12.3 Å². The van der Waals surface area contributed by atoms with E-state index in [1.165, 1.54) is 4.90 Å². The average Bonchev–Trinajstić information content (AvgIpc) is 1.98. The van der Waals surface area contributed by atoms with Gasteiger partial charge in [-0.15, -0.1) is 0 Å². The minimum Gasteiger partial charge on any atom is -0.444 e. The maximum absolute atomic E-state index is 11.6. The van der Waals surface area contributed by atoms with Gasteiger partial charge in [-0.1, -0.05) is 6.58 Å². The fourth-order valence-electron chi connectivity index (χ4n) is 1.04. The molecule has 0 atom stereocenters. The van der Waals surface area contributed by atoms with Gasteiger partial charge in [-0.2, -0.15) is 0 Å². The van der Waals surface area contributed by atoms with Crippen LogP contribution in [0.4, 0.5) is 4.79 Å². The number of rotatable bonds is 4. The zero-order chi connectivity index (χ0) is 12.9. The molecule has 0 aromatic heterocycles. The number of ether oxygens (including phenoxy) is 1. The molecule has 0 aliphatic rings. The van der Waals surface area contributed by atoms with E-state index in [1.54, 1.807) is 12.1 Å². The van der Waals surface area contributed by atoms with E-state index in [2.05, 4.69) is 12.0 Å². The average molecular weight is 229 g/mol. The highest BCUT2D eigenvalue weighted by Crippen LogP contribution is 2.09. The Kier molecular flexibility index (Phi) is 5.30. The summed E-state index contributed by atoms with van der Waals surface area (Å²) >= 11 is 0. The summed E-state index contributed by atoms with van der Waals surface area (Å²) in [6.45, 7) is 9.74. The first-order valence-corrected chi connectivity index (χ1v) is 5.17. The van der Waals surface area contributed by atoms with Crippen LogP contribution in [0.5, 0.6) is 0 Å². The molecule has 0 aliphatic heterocycles. The van der Waals surface area contributed by atoms with Crippen LogP contribution in [0.1, 0.15) is 20.8 Å². The second-order valence-electron chi connectivity index (χ2n) is 4.95. The van der Waals surface area contributed by atoms with Crippen LogP contribution in [0.15, 0.2) is 12.3 Å². The third kappa shape index (κ3) is 7.11. The second kappa shape index (κ2) is 5.75. The van der Waals surface area contributed by atoms with Crippen molar-refractivity contribution in [1.82, 2.24) is 15.3 Å². The molecule has 1 N–H and O–H groups in total. The van der Waals surface area contributed by atoms with Crippen LogP contribution in [-0.2, 0) is 4.74 Å². The number of hydrogen-bond acceptors (Lipinski definition) is 4. The predicted molar refractivity (Wildman–Crippen MR) is 64.8 cm³/mol. The van der Waals surface area contributed by atoms with E-state index in [0.29, 0.717) is 6.54 Å². The fraction of sp³-hybridized carbons (Fsp3) is 0.727. The molecule has 0 heterocycles. The molecule has 0 saturated heterocycles. The molecule has 5 heteroatoms. The molecular weight excluding hydrogens is 206 g/mol. The number of carbonyl (C=O) groups excluding carboxylic acids is 1. The van der Waals surface area contributed by atoms with Crippen LogP contribution in [0, 0.1) is 0 Å². The summed E-state index contributed by atoms with van der Waals surface area (Å²) in [4.78, 5) is 13.1. The van der Waals surface area contributed by atoms with Crippen molar-refractivity contribution >= 4 is 6.09 Å². The zero-order valence-electron chi connectivity index (χ0n) is 11.1. The minimum atomic E-state index is -0.471. The van der Waals surface area contributed by atoms with Gasteiger partial charge in [0.2, 0.25) is 0 Å². The van der Waals surface area contributed by atoms with Crippen molar-refractivity contribution < 1.29 is 9.53 Å². The van der Waals surface area contributed by atoms with E-state index in [1.807, 2.05) is 34.9 Å². The largest absolute Gasteiger partial charge is 0.444 e. The third-order valence-electron chi connectivity index (χ3n) is 1.51. The Morgan fingerprint density at radius 3 is 2.19 bits per heavy atom. The molecule has 0 aromatic rings. The molecule has 0 radical (unpaired) electrons. The smallest absolute Gasteiger partial charge is 0.410 e. The van der Waals surface area contributed by atoms with Crippen LogP contribution in [0.3, 0.4) is 0 Å². The molecule has 0 fully saturated rings. The van der Waals surface area contributed by atoms with Crippen LogP contribution in [0.25, 0.3) is 0 Å². The number of nitrogens with zero attached hydrogens (tertiary/aromatic N) is 2. The van der Waals surface area contributed by atoms with E-state index in [-0.39, 0.29) is 6.09 Å². The lowest BCUT2D eigenvalue weighted by molar-refractivity contribution is 0.0308. The van der Waals surface area contributed by atoms with Crippen molar-refractivity contribution in [1.29, 1.82) is 0 Å². The Morgan fingerprint density at radius 1 is 1.31 bits per heavy atom. The van der Waals surface area contributed by atoms with Crippen molar-refractivity contribution in [2.24, 2.45) is 0 Å². The van der Waals surface area contributed by atoms with Crippen molar-refractivity contribution in [2.45, 2.75) is 26.4 Å². The summed E-state index contributed by atoms with van der Waals surface area (Å²) in [5.41, 5.74) is 3.24. The predicted octanol–water partition coefficient (Wildman–Crippen LogP) is 1.43. The highest BCUT2D eigenvalue weighted by atomic mass is 16.6. The number of carbonyl (C=O) groups is 1. The number of likely N-dealkylation sites (N-methyl/N-ethyl adjacent to an activating group) is 1. The summed E-state index contributed by atoms with van der Waals surface area (Å²) in [5.74, 6) is 0. The van der Waals surface area contributed by atoms with Gasteiger partial charge in [-0.05, 0) is 20.8 Å². The molecule has 0 aromatic carbocycles. The summed E-state index contributed by atoms with van der Waals surface area (Å²) in [6.07, 6.45) is -0.353. The number of nitrogens with one attached hydrogen (secondary N) is 1. The molecule has 0 aliphatic carbocycles. The molecule has 0 saturated carbocycles. The molecule has 0 rings (SSSR count). The Bertz CT molecular complexity index is 256. The molecular formula is C11H23N3O2. The molecule has 1 amide bonds. The van der Waals surface area contributed by atoms with E-state index >= 15 is 0 Å². The van der Waals surface area contributed by atoms with Crippen molar-refractivity contribution in [3.8, 4) is 0 Å². The SMILES string of the molecule is C=C(CN(C)C(=O)OC(C)(C)C)NN(C)C. The van der Waals surface area contributed by atoms with Gasteiger partial charge in [0.15, 0.2) is 0 Å². The lowest BCUT2D eigenvalue weighted by atomic mass is 10.2. The van der Waals surface area contributed by atoms with Gasteiger partial charge in [-0.3, -0.25) is 0 Å². The lowest BCUT2D eigenvalue weighted by Gasteiger charge is -2.26. The molecule has 0 bridgehead atoms. The summed E-state index contributed by atoms with van der Waals surface area (Å²) in [5, 5.41) is 1.77. The van der Waals surface area contributed by atoms with Gasteiger partial charge in [0, 0.05) is 26.8 Å². The molecule has 0 spiro atoms. The van der Waals surface area contributed by atoms with Gasteiger partial charge in [0.1, 0.15) is 5.60 Å². The maximum atomic E-state index is 11.6. The first kappa shape index (κ1) is 14.8. The van der Waals surface area contributed by atoms with Crippen LogP contribution >= 0.6 is 0 Å². The summed E-state index contributed by atoms with van der Waals surface area (Å²) in [6, 6.07) is 0. The second-order valence-corrected chi connectivity index (χ2v) is 4.95. The van der Waals surface area contributed by atoms with Gasteiger partial charge in [-0.25, -0.2) is 9.80 Å². The number of hydrogen-bond donors (Lipinski definition) is 1.